The second-order valence-electron chi connectivity index (χ2n) is 5.23. The molecule has 1 aromatic carbocycles. The van der Waals surface area contributed by atoms with Crippen LogP contribution in [0.5, 0.6) is 0 Å². The van der Waals surface area contributed by atoms with Crippen molar-refractivity contribution in [3.8, 4) is 0 Å². The number of rotatable bonds is 5. The Morgan fingerprint density at radius 2 is 2.00 bits per heavy atom. The Bertz CT molecular complexity index is 376. The summed E-state index contributed by atoms with van der Waals surface area (Å²) in [4.78, 5) is 2.18. The van der Waals surface area contributed by atoms with Crippen LogP contribution in [-0.2, 0) is 6.54 Å². The van der Waals surface area contributed by atoms with Crippen molar-refractivity contribution in [3.05, 3.63) is 35.1 Å². The van der Waals surface area contributed by atoms with E-state index in [4.69, 9.17) is 5.11 Å². The Morgan fingerprint density at radius 1 is 1.35 bits per heavy atom. The zero-order valence-electron chi connectivity index (χ0n) is 11.1. The zero-order chi connectivity index (χ0) is 13.1. The lowest BCUT2D eigenvalue weighted by molar-refractivity contribution is 0.110. The van der Waals surface area contributed by atoms with Crippen molar-refractivity contribution in [3.63, 3.8) is 0 Å². The van der Waals surface area contributed by atoms with Crippen LogP contribution in [0.25, 0.3) is 0 Å². The van der Waals surface area contributed by atoms with Gasteiger partial charge in [0.25, 0.3) is 0 Å². The summed E-state index contributed by atoms with van der Waals surface area (Å²) in [5, 5.41) is 9.02. The molecule has 0 aliphatic carbocycles. The van der Waals surface area contributed by atoms with E-state index in [1.54, 1.807) is 6.92 Å². The van der Waals surface area contributed by atoms with Crippen LogP contribution >= 0.6 is 0 Å². The quantitative estimate of drug-likeness (QED) is 0.854. The van der Waals surface area contributed by atoms with E-state index in [2.05, 4.69) is 18.7 Å². The van der Waals surface area contributed by atoms with Crippen LogP contribution in [0.15, 0.2) is 18.2 Å². The van der Waals surface area contributed by atoms with Gasteiger partial charge in [0.1, 0.15) is 5.82 Å². The lowest BCUT2D eigenvalue weighted by Crippen LogP contribution is -2.41. The predicted molar refractivity (Wildman–Crippen MR) is 68.4 cm³/mol. The first-order valence-electron chi connectivity index (χ1n) is 5.94. The summed E-state index contributed by atoms with van der Waals surface area (Å²) in [6.45, 7) is 6.91. The molecule has 0 saturated carbocycles. The van der Waals surface area contributed by atoms with Crippen LogP contribution in [0.1, 0.15) is 31.4 Å². The minimum Gasteiger partial charge on any atom is -0.396 e. The van der Waals surface area contributed by atoms with E-state index < -0.39 is 0 Å². The highest BCUT2D eigenvalue weighted by Gasteiger charge is 2.22. The minimum absolute atomic E-state index is 0.0585. The predicted octanol–water partition coefficient (Wildman–Crippen LogP) is 2.73. The van der Waals surface area contributed by atoms with Gasteiger partial charge in [-0.25, -0.2) is 4.39 Å². The molecular weight excluding hydrogens is 217 g/mol. The Hall–Kier alpha value is -0.930. The molecule has 0 amide bonds. The zero-order valence-corrected chi connectivity index (χ0v) is 11.1. The number of hydrogen-bond donors (Lipinski definition) is 1. The van der Waals surface area contributed by atoms with Gasteiger partial charge in [-0.15, -0.1) is 0 Å². The van der Waals surface area contributed by atoms with Gasteiger partial charge in [-0.2, -0.15) is 0 Å². The number of halogens is 1. The second kappa shape index (κ2) is 5.61. The number of aliphatic hydroxyl groups excluding tert-OH is 1. The summed E-state index contributed by atoms with van der Waals surface area (Å²) in [5.74, 6) is -0.161. The molecule has 1 aromatic rings. The van der Waals surface area contributed by atoms with Crippen molar-refractivity contribution >= 4 is 0 Å². The van der Waals surface area contributed by atoms with Gasteiger partial charge in [0.15, 0.2) is 0 Å². The first-order chi connectivity index (χ1) is 7.86. The molecule has 0 aromatic heterocycles. The van der Waals surface area contributed by atoms with E-state index in [-0.39, 0.29) is 18.0 Å². The molecule has 0 radical (unpaired) electrons. The molecule has 0 aliphatic rings. The smallest absolute Gasteiger partial charge is 0.126 e. The summed E-state index contributed by atoms with van der Waals surface area (Å²) in [5.41, 5.74) is 1.71. The molecule has 2 nitrogen and oxygen atoms in total. The number of aryl methyl sites for hydroxylation is 1. The molecule has 0 atom stereocenters. The van der Waals surface area contributed by atoms with Crippen LogP contribution in [0.2, 0.25) is 0 Å². The monoisotopic (exact) mass is 239 g/mol. The average Bonchev–Trinajstić information content (AvgIpc) is 2.23. The standard InChI is InChI=1S/C14H22FNO/c1-11-9-12(5-6-13(11)15)10-16(4)14(2,3)7-8-17/h5-6,9,17H,7-8,10H2,1-4H3. The molecule has 0 saturated heterocycles. The van der Waals surface area contributed by atoms with E-state index in [9.17, 15) is 4.39 Å². The van der Waals surface area contributed by atoms with Gasteiger partial charge in [0, 0.05) is 18.7 Å². The third kappa shape index (κ3) is 3.79. The van der Waals surface area contributed by atoms with Crippen molar-refractivity contribution in [1.82, 2.24) is 4.90 Å². The molecular formula is C14H22FNO. The number of benzene rings is 1. The lowest BCUT2D eigenvalue weighted by Gasteiger charge is -2.35. The van der Waals surface area contributed by atoms with Crippen molar-refractivity contribution < 1.29 is 9.50 Å². The second-order valence-corrected chi connectivity index (χ2v) is 5.23. The van der Waals surface area contributed by atoms with Crippen molar-refractivity contribution in [2.45, 2.75) is 39.3 Å². The molecule has 0 heterocycles. The van der Waals surface area contributed by atoms with Gasteiger partial charge in [-0.05, 0) is 51.4 Å². The van der Waals surface area contributed by atoms with Gasteiger partial charge >= 0.3 is 0 Å². The Morgan fingerprint density at radius 3 is 2.53 bits per heavy atom. The largest absolute Gasteiger partial charge is 0.396 e. The van der Waals surface area contributed by atoms with Gasteiger partial charge < -0.3 is 5.11 Å². The Labute approximate surface area is 103 Å². The van der Waals surface area contributed by atoms with E-state index in [0.717, 1.165) is 18.5 Å². The lowest BCUT2D eigenvalue weighted by atomic mass is 9.98. The maximum absolute atomic E-state index is 13.1. The minimum atomic E-state index is -0.161. The molecule has 0 unspecified atom stereocenters. The van der Waals surface area contributed by atoms with Gasteiger partial charge in [-0.1, -0.05) is 12.1 Å². The molecule has 0 spiro atoms. The Kier molecular flexibility index (Phi) is 4.66. The maximum Gasteiger partial charge on any atom is 0.126 e. The van der Waals surface area contributed by atoms with Crippen LogP contribution in [0.4, 0.5) is 4.39 Å². The maximum atomic E-state index is 13.1. The van der Waals surface area contributed by atoms with Gasteiger partial charge in [-0.3, -0.25) is 4.90 Å². The van der Waals surface area contributed by atoms with E-state index >= 15 is 0 Å². The highest BCUT2D eigenvalue weighted by molar-refractivity contribution is 5.23. The van der Waals surface area contributed by atoms with Crippen molar-refractivity contribution in [2.75, 3.05) is 13.7 Å². The van der Waals surface area contributed by atoms with Crippen molar-refractivity contribution in [1.29, 1.82) is 0 Å². The summed E-state index contributed by atoms with van der Waals surface area (Å²) < 4.78 is 13.1. The molecule has 96 valence electrons. The molecule has 0 aliphatic heterocycles. The van der Waals surface area contributed by atoms with Crippen molar-refractivity contribution in [2.24, 2.45) is 0 Å². The molecule has 0 fully saturated rings. The normalized spacial score (nSPS) is 12.2. The third-order valence-corrected chi connectivity index (χ3v) is 3.40. The fraction of sp³-hybridized carbons (Fsp3) is 0.571. The van der Waals surface area contributed by atoms with Crippen LogP contribution < -0.4 is 0 Å². The first kappa shape index (κ1) is 14.1. The summed E-state index contributed by atoms with van der Waals surface area (Å²) >= 11 is 0. The summed E-state index contributed by atoms with van der Waals surface area (Å²) in [6, 6.07) is 5.20. The SMILES string of the molecule is Cc1cc(CN(C)C(C)(C)CCO)ccc1F. The van der Waals surface area contributed by atoms with Gasteiger partial charge in [0.05, 0.1) is 0 Å². The number of nitrogens with zero attached hydrogens (tertiary/aromatic N) is 1. The highest BCUT2D eigenvalue weighted by atomic mass is 19.1. The average molecular weight is 239 g/mol. The number of aliphatic hydroxyl groups is 1. The van der Waals surface area contributed by atoms with Crippen LogP contribution in [0.3, 0.4) is 0 Å². The molecule has 1 rings (SSSR count). The molecule has 0 bridgehead atoms. The third-order valence-electron chi connectivity index (χ3n) is 3.40. The topological polar surface area (TPSA) is 23.5 Å². The number of hydrogen-bond acceptors (Lipinski definition) is 2. The van der Waals surface area contributed by atoms with Gasteiger partial charge in [0.2, 0.25) is 0 Å². The van der Waals surface area contributed by atoms with Crippen LogP contribution in [0, 0.1) is 12.7 Å². The molecule has 3 heteroatoms. The van der Waals surface area contributed by atoms with Crippen LogP contribution in [-0.4, -0.2) is 29.2 Å². The Balaban J connectivity index is 2.73. The highest BCUT2D eigenvalue weighted by Crippen LogP contribution is 2.20. The fourth-order valence-corrected chi connectivity index (χ4v) is 1.76. The molecule has 17 heavy (non-hydrogen) atoms. The first-order valence-corrected chi connectivity index (χ1v) is 5.94. The van der Waals surface area contributed by atoms with E-state index in [1.165, 1.54) is 6.07 Å². The summed E-state index contributed by atoms with van der Waals surface area (Å²) in [7, 11) is 2.02. The molecule has 1 N–H and O–H groups in total. The van der Waals surface area contributed by atoms with E-state index in [0.29, 0.717) is 5.56 Å². The fourth-order valence-electron chi connectivity index (χ4n) is 1.76. The van der Waals surface area contributed by atoms with E-state index in [1.807, 2.05) is 19.2 Å². The summed E-state index contributed by atoms with van der Waals surface area (Å²) in [6.07, 6.45) is 0.726.